The van der Waals surface area contributed by atoms with Crippen LogP contribution in [0, 0.1) is 0 Å². The maximum atomic E-state index is 12.3. The quantitative estimate of drug-likeness (QED) is 0.826. The largest absolute Gasteiger partial charge is 0.357 e. The first kappa shape index (κ1) is 12.3. The van der Waals surface area contributed by atoms with Crippen LogP contribution in [0.3, 0.4) is 0 Å². The van der Waals surface area contributed by atoms with Crippen molar-refractivity contribution in [1.29, 1.82) is 0 Å². The molecule has 1 amide bonds. The normalized spacial score (nSPS) is 16.4. The average Bonchev–Trinajstić information content (AvgIpc) is 2.54. The van der Waals surface area contributed by atoms with Crippen molar-refractivity contribution in [1.82, 2.24) is 9.88 Å². The number of aromatic nitrogens is 1. The first-order valence-electron chi connectivity index (χ1n) is 6.25. The molecule has 0 fully saturated rings. The van der Waals surface area contributed by atoms with E-state index in [0.717, 1.165) is 17.7 Å². The minimum Gasteiger partial charge on any atom is -0.357 e. The second-order valence-corrected chi connectivity index (χ2v) is 4.49. The Hall–Kier alpha value is -2.69. The number of pyridine rings is 1. The highest BCUT2D eigenvalue weighted by Crippen LogP contribution is 2.27. The van der Waals surface area contributed by atoms with Crippen molar-refractivity contribution in [2.45, 2.75) is 6.42 Å². The Labute approximate surface area is 116 Å². The third kappa shape index (κ3) is 2.25. The molecule has 1 aliphatic carbocycles. The fourth-order valence-electron chi connectivity index (χ4n) is 2.08. The number of nitrogens with zero attached hydrogens (tertiary/aromatic N) is 3. The van der Waals surface area contributed by atoms with E-state index < -0.39 is 0 Å². The molecular weight excluding hydrogens is 254 g/mol. The molecule has 2 heterocycles. The molecule has 0 N–H and O–H groups in total. The summed E-state index contributed by atoms with van der Waals surface area (Å²) in [7, 11) is 1.74. The Morgan fingerprint density at radius 1 is 1.45 bits per heavy atom. The Balaban J connectivity index is 1.82. The molecule has 1 aromatic heterocycles. The summed E-state index contributed by atoms with van der Waals surface area (Å²) in [6.07, 6.45) is 11.3. The maximum absolute atomic E-state index is 12.3. The molecule has 0 atom stereocenters. The van der Waals surface area contributed by atoms with E-state index in [1.165, 1.54) is 0 Å². The fourth-order valence-corrected chi connectivity index (χ4v) is 2.08. The van der Waals surface area contributed by atoms with Crippen molar-refractivity contribution in [2.75, 3.05) is 7.05 Å². The summed E-state index contributed by atoms with van der Waals surface area (Å²) in [5, 5.41) is 3.75. The predicted molar refractivity (Wildman–Crippen MR) is 74.8 cm³/mol. The number of likely N-dealkylation sites (N-methyl/N-ethyl adjacent to an activating group) is 1. The average molecular weight is 267 g/mol. The van der Waals surface area contributed by atoms with Gasteiger partial charge in [-0.1, -0.05) is 11.2 Å². The Kier molecular flexibility index (Phi) is 3.16. The molecule has 100 valence electrons. The number of oxime groups is 1. The van der Waals surface area contributed by atoms with E-state index in [4.69, 9.17) is 4.84 Å². The topological polar surface area (TPSA) is 54.8 Å². The summed E-state index contributed by atoms with van der Waals surface area (Å²) >= 11 is 0. The van der Waals surface area contributed by atoms with Crippen molar-refractivity contribution in [2.24, 2.45) is 5.16 Å². The van der Waals surface area contributed by atoms with Gasteiger partial charge in [-0.3, -0.25) is 9.78 Å². The van der Waals surface area contributed by atoms with Crippen LogP contribution in [0.2, 0.25) is 0 Å². The molecule has 0 radical (unpaired) electrons. The summed E-state index contributed by atoms with van der Waals surface area (Å²) < 4.78 is 0. The van der Waals surface area contributed by atoms with E-state index in [1.807, 2.05) is 18.2 Å². The Morgan fingerprint density at radius 3 is 3.15 bits per heavy atom. The molecule has 0 aromatic carbocycles. The van der Waals surface area contributed by atoms with Crippen molar-refractivity contribution in [3.8, 4) is 0 Å². The standard InChI is InChI=1S/C15H13N3O2/c1-18(15(19)12-3-2-7-16-10-12)13-5-4-11-6-8-17-20-14(11)9-13/h2-3,5-10H,4H2,1H3. The molecule has 0 bridgehead atoms. The van der Waals surface area contributed by atoms with Gasteiger partial charge < -0.3 is 9.74 Å². The van der Waals surface area contributed by atoms with E-state index in [9.17, 15) is 4.79 Å². The molecule has 0 spiro atoms. The van der Waals surface area contributed by atoms with Crippen LogP contribution in [0.4, 0.5) is 0 Å². The van der Waals surface area contributed by atoms with Crippen LogP contribution in [-0.2, 0) is 4.84 Å². The van der Waals surface area contributed by atoms with Crippen LogP contribution in [0.25, 0.3) is 0 Å². The van der Waals surface area contributed by atoms with Crippen molar-refractivity contribution in [3.05, 3.63) is 65.3 Å². The molecule has 0 saturated carbocycles. The molecule has 5 nitrogen and oxygen atoms in total. The third-order valence-electron chi connectivity index (χ3n) is 3.21. The van der Waals surface area contributed by atoms with Gasteiger partial charge in [0.1, 0.15) is 0 Å². The van der Waals surface area contributed by atoms with Gasteiger partial charge in [-0.15, -0.1) is 0 Å². The SMILES string of the molecule is CN(C(=O)c1cccnc1)C1=CCC2=CC=NOC2=C1. The number of rotatable bonds is 2. The van der Waals surface area contributed by atoms with E-state index in [-0.39, 0.29) is 5.91 Å². The van der Waals surface area contributed by atoms with Crippen LogP contribution in [-0.4, -0.2) is 29.1 Å². The van der Waals surface area contributed by atoms with Gasteiger partial charge in [-0.2, -0.15) is 0 Å². The van der Waals surface area contributed by atoms with E-state index in [2.05, 4.69) is 10.1 Å². The summed E-state index contributed by atoms with van der Waals surface area (Å²) in [6, 6.07) is 3.49. The lowest BCUT2D eigenvalue weighted by Gasteiger charge is -2.23. The molecule has 5 heteroatoms. The first-order chi connectivity index (χ1) is 9.75. The zero-order valence-corrected chi connectivity index (χ0v) is 11.0. The van der Waals surface area contributed by atoms with Gasteiger partial charge in [-0.05, 0) is 24.6 Å². The number of amides is 1. The fraction of sp³-hybridized carbons (Fsp3) is 0.133. The molecule has 2 aliphatic rings. The first-order valence-corrected chi connectivity index (χ1v) is 6.25. The zero-order valence-electron chi connectivity index (χ0n) is 11.0. The molecular formula is C15H13N3O2. The Morgan fingerprint density at radius 2 is 2.35 bits per heavy atom. The predicted octanol–water partition coefficient (Wildman–Crippen LogP) is 2.27. The minimum atomic E-state index is -0.104. The van der Waals surface area contributed by atoms with E-state index in [1.54, 1.807) is 42.7 Å². The lowest BCUT2D eigenvalue weighted by atomic mass is 10.0. The summed E-state index contributed by atoms with van der Waals surface area (Å²) in [5.41, 5.74) is 2.41. The van der Waals surface area contributed by atoms with Gasteiger partial charge >= 0.3 is 0 Å². The van der Waals surface area contributed by atoms with Gasteiger partial charge in [-0.25, -0.2) is 0 Å². The van der Waals surface area contributed by atoms with Crippen molar-refractivity contribution in [3.63, 3.8) is 0 Å². The summed E-state index contributed by atoms with van der Waals surface area (Å²) in [6.45, 7) is 0. The molecule has 1 aliphatic heterocycles. The number of hydrogen-bond donors (Lipinski definition) is 0. The molecule has 0 unspecified atom stereocenters. The van der Waals surface area contributed by atoms with E-state index >= 15 is 0 Å². The van der Waals surface area contributed by atoms with Gasteiger partial charge in [0, 0.05) is 36.8 Å². The molecule has 0 saturated heterocycles. The second kappa shape index (κ2) is 5.13. The summed E-state index contributed by atoms with van der Waals surface area (Å²) in [5.74, 6) is 0.587. The number of carbonyl (C=O) groups excluding carboxylic acids is 1. The van der Waals surface area contributed by atoms with Crippen LogP contribution < -0.4 is 0 Å². The highest BCUT2D eigenvalue weighted by molar-refractivity contribution is 5.95. The van der Waals surface area contributed by atoms with Crippen LogP contribution >= 0.6 is 0 Å². The zero-order chi connectivity index (χ0) is 13.9. The number of allylic oxidation sites excluding steroid dienone is 4. The maximum Gasteiger partial charge on any atom is 0.259 e. The number of hydrogen-bond acceptors (Lipinski definition) is 4. The van der Waals surface area contributed by atoms with Crippen LogP contribution in [0.1, 0.15) is 16.8 Å². The highest BCUT2D eigenvalue weighted by Gasteiger charge is 2.20. The molecule has 20 heavy (non-hydrogen) atoms. The molecule has 3 rings (SSSR count). The second-order valence-electron chi connectivity index (χ2n) is 4.49. The van der Waals surface area contributed by atoms with E-state index in [0.29, 0.717) is 11.3 Å². The van der Waals surface area contributed by atoms with Crippen molar-refractivity contribution < 1.29 is 9.63 Å². The van der Waals surface area contributed by atoms with Gasteiger partial charge in [0.05, 0.1) is 11.8 Å². The smallest absolute Gasteiger partial charge is 0.259 e. The lowest BCUT2D eigenvalue weighted by molar-refractivity contribution is 0.0838. The number of carbonyl (C=O) groups is 1. The monoisotopic (exact) mass is 267 g/mol. The minimum absolute atomic E-state index is 0.104. The van der Waals surface area contributed by atoms with Gasteiger partial charge in [0.25, 0.3) is 5.91 Å². The number of fused-ring (bicyclic) bond motifs is 1. The third-order valence-corrected chi connectivity index (χ3v) is 3.21. The molecule has 1 aromatic rings. The lowest BCUT2D eigenvalue weighted by Crippen LogP contribution is -2.26. The van der Waals surface area contributed by atoms with Crippen molar-refractivity contribution >= 4 is 12.1 Å². The van der Waals surface area contributed by atoms with Gasteiger partial charge in [0.15, 0.2) is 5.76 Å². The van der Waals surface area contributed by atoms with Crippen LogP contribution in [0.5, 0.6) is 0 Å². The summed E-state index contributed by atoms with van der Waals surface area (Å²) in [4.78, 5) is 23.1. The van der Waals surface area contributed by atoms with Gasteiger partial charge in [0.2, 0.25) is 0 Å². The highest BCUT2D eigenvalue weighted by atomic mass is 16.6. The van der Waals surface area contributed by atoms with Crippen LogP contribution in [0.15, 0.2) is 64.9 Å². The Bertz CT molecular complexity index is 657.